The summed E-state index contributed by atoms with van der Waals surface area (Å²) < 4.78 is 35.9. The van der Waals surface area contributed by atoms with Crippen molar-refractivity contribution in [2.45, 2.75) is 13.0 Å². The minimum atomic E-state index is -1.14. The number of hydrogen-bond acceptors (Lipinski definition) is 4. The number of esters is 1. The molecule has 0 aromatic heterocycles. The van der Waals surface area contributed by atoms with E-state index in [-0.39, 0.29) is 0 Å². The molecule has 5 nitrogen and oxygen atoms in total. The molecule has 19 heavy (non-hydrogen) atoms. The zero-order valence-corrected chi connectivity index (χ0v) is 10.4. The van der Waals surface area contributed by atoms with Crippen molar-refractivity contribution in [3.8, 4) is 5.75 Å². The highest BCUT2D eigenvalue weighted by Gasteiger charge is 2.22. The van der Waals surface area contributed by atoms with Gasteiger partial charge in [0.05, 0.1) is 7.11 Å². The zero-order valence-electron chi connectivity index (χ0n) is 10.4. The average molecular weight is 273 g/mol. The predicted molar refractivity (Wildman–Crippen MR) is 61.5 cm³/mol. The van der Waals surface area contributed by atoms with Crippen molar-refractivity contribution in [3.63, 3.8) is 0 Å². The van der Waals surface area contributed by atoms with Gasteiger partial charge in [-0.15, -0.1) is 0 Å². The Morgan fingerprint density at radius 3 is 2.37 bits per heavy atom. The van der Waals surface area contributed by atoms with Crippen LogP contribution in [0.5, 0.6) is 5.75 Å². The average Bonchev–Trinajstić information content (AvgIpc) is 2.35. The summed E-state index contributed by atoms with van der Waals surface area (Å²) in [5.74, 6) is -3.67. The molecule has 1 aromatic rings. The number of carbonyl (C=O) groups is 2. The largest absolute Gasteiger partial charge is 0.485 e. The number of rotatable bonds is 5. The van der Waals surface area contributed by atoms with Crippen LogP contribution in [0.25, 0.3) is 0 Å². The van der Waals surface area contributed by atoms with Gasteiger partial charge < -0.3 is 14.8 Å². The molecule has 1 unspecified atom stereocenters. The Balaban J connectivity index is 2.76. The maximum atomic E-state index is 13.3. The van der Waals surface area contributed by atoms with Gasteiger partial charge in [0.25, 0.3) is 0 Å². The van der Waals surface area contributed by atoms with Crippen molar-refractivity contribution in [3.05, 3.63) is 29.8 Å². The van der Waals surface area contributed by atoms with Crippen LogP contribution in [0.2, 0.25) is 0 Å². The highest BCUT2D eigenvalue weighted by molar-refractivity contribution is 5.83. The van der Waals surface area contributed by atoms with Crippen molar-refractivity contribution in [2.24, 2.45) is 0 Å². The van der Waals surface area contributed by atoms with Crippen LogP contribution in [0.3, 0.4) is 0 Å². The first kappa shape index (κ1) is 14.9. The highest BCUT2D eigenvalue weighted by atomic mass is 19.1. The number of amides is 1. The van der Waals surface area contributed by atoms with Crippen LogP contribution in [0.15, 0.2) is 18.2 Å². The summed E-state index contributed by atoms with van der Waals surface area (Å²) in [7, 11) is 1.13. The summed E-state index contributed by atoms with van der Waals surface area (Å²) in [4.78, 5) is 22.2. The molecule has 0 aliphatic carbocycles. The summed E-state index contributed by atoms with van der Waals surface area (Å²) >= 11 is 0. The Morgan fingerprint density at radius 2 is 1.89 bits per heavy atom. The number of hydrogen-bond donors (Lipinski definition) is 1. The normalized spacial score (nSPS) is 11.6. The van der Waals surface area contributed by atoms with E-state index in [2.05, 4.69) is 10.1 Å². The van der Waals surface area contributed by atoms with Crippen molar-refractivity contribution < 1.29 is 27.8 Å². The van der Waals surface area contributed by atoms with Crippen LogP contribution in [-0.2, 0) is 14.3 Å². The molecule has 0 bridgehead atoms. The number of methoxy groups -OCH3 is 1. The van der Waals surface area contributed by atoms with Gasteiger partial charge >= 0.3 is 5.97 Å². The van der Waals surface area contributed by atoms with Crippen molar-refractivity contribution in [1.29, 1.82) is 0 Å². The van der Waals surface area contributed by atoms with Crippen LogP contribution >= 0.6 is 0 Å². The van der Waals surface area contributed by atoms with E-state index >= 15 is 0 Å². The van der Waals surface area contributed by atoms with E-state index in [0.29, 0.717) is 0 Å². The molecule has 7 heteroatoms. The van der Waals surface area contributed by atoms with Crippen molar-refractivity contribution >= 4 is 11.9 Å². The maximum absolute atomic E-state index is 13.3. The minimum absolute atomic E-state index is 0.440. The molecular formula is C12H13F2NO4. The van der Waals surface area contributed by atoms with Gasteiger partial charge in [0.1, 0.15) is 6.61 Å². The van der Waals surface area contributed by atoms with Gasteiger partial charge in [-0.1, -0.05) is 6.07 Å². The van der Waals surface area contributed by atoms with E-state index < -0.39 is 41.9 Å². The molecule has 0 saturated heterocycles. The van der Waals surface area contributed by atoms with E-state index in [1.807, 2.05) is 0 Å². The summed E-state index contributed by atoms with van der Waals surface area (Å²) in [5, 5.41) is 2.26. The number of para-hydroxylation sites is 1. The van der Waals surface area contributed by atoms with Gasteiger partial charge in [-0.05, 0) is 12.1 Å². The third-order valence-corrected chi connectivity index (χ3v) is 2.18. The molecule has 1 N–H and O–H groups in total. The topological polar surface area (TPSA) is 64.6 Å². The molecule has 0 radical (unpaired) electrons. The van der Waals surface area contributed by atoms with Gasteiger partial charge in [-0.25, -0.2) is 13.6 Å². The second-order valence-corrected chi connectivity index (χ2v) is 3.64. The highest BCUT2D eigenvalue weighted by Crippen LogP contribution is 2.20. The third-order valence-electron chi connectivity index (χ3n) is 2.18. The van der Waals surface area contributed by atoms with Crippen LogP contribution in [0, 0.1) is 11.6 Å². The van der Waals surface area contributed by atoms with Crippen LogP contribution in [-0.4, -0.2) is 31.6 Å². The lowest BCUT2D eigenvalue weighted by Crippen LogP contribution is -2.44. The molecule has 1 rings (SSSR count). The first-order chi connectivity index (χ1) is 8.95. The fraction of sp³-hybridized carbons (Fsp3) is 0.333. The van der Waals surface area contributed by atoms with E-state index in [4.69, 9.17) is 4.74 Å². The fourth-order valence-corrected chi connectivity index (χ4v) is 1.34. The lowest BCUT2D eigenvalue weighted by molar-refractivity contribution is -0.145. The molecule has 0 aliphatic heterocycles. The third kappa shape index (κ3) is 4.20. The van der Waals surface area contributed by atoms with Gasteiger partial charge in [0.15, 0.2) is 23.4 Å². The summed E-state index contributed by atoms with van der Waals surface area (Å²) in [6.45, 7) is 0.754. The standard InChI is InChI=1S/C12H13F2NO4/c1-7(16)15-10(12(17)18-2)6-19-11-8(13)4-3-5-9(11)14/h3-5,10H,6H2,1-2H3,(H,15,16). The number of nitrogens with one attached hydrogen (secondary N) is 1. The van der Waals surface area contributed by atoms with E-state index in [1.165, 1.54) is 13.0 Å². The molecular weight excluding hydrogens is 260 g/mol. The second-order valence-electron chi connectivity index (χ2n) is 3.64. The summed E-state index contributed by atoms with van der Waals surface area (Å²) in [6.07, 6.45) is 0. The lowest BCUT2D eigenvalue weighted by atomic mass is 10.3. The van der Waals surface area contributed by atoms with Gasteiger partial charge in [-0.2, -0.15) is 0 Å². The van der Waals surface area contributed by atoms with E-state index in [9.17, 15) is 18.4 Å². The smallest absolute Gasteiger partial charge is 0.331 e. The number of benzene rings is 1. The van der Waals surface area contributed by atoms with E-state index in [0.717, 1.165) is 19.2 Å². The minimum Gasteiger partial charge on any atom is -0.485 e. The fourth-order valence-electron chi connectivity index (χ4n) is 1.34. The van der Waals surface area contributed by atoms with Gasteiger partial charge in [-0.3, -0.25) is 4.79 Å². The number of ether oxygens (including phenoxy) is 2. The monoisotopic (exact) mass is 273 g/mol. The summed E-state index contributed by atoms with van der Waals surface area (Å²) in [5.41, 5.74) is 0. The molecule has 104 valence electrons. The Labute approximate surface area is 108 Å². The maximum Gasteiger partial charge on any atom is 0.331 e. The van der Waals surface area contributed by atoms with Crippen LogP contribution in [0.1, 0.15) is 6.92 Å². The molecule has 0 heterocycles. The predicted octanol–water partition coefficient (Wildman–Crippen LogP) is 1.02. The number of carbonyl (C=O) groups excluding carboxylic acids is 2. The first-order valence-corrected chi connectivity index (χ1v) is 5.37. The second kappa shape index (κ2) is 6.67. The SMILES string of the molecule is COC(=O)C(COc1c(F)cccc1F)NC(C)=O. The number of halogens is 2. The molecule has 1 aromatic carbocycles. The molecule has 0 aliphatic rings. The molecule has 0 fully saturated rings. The Morgan fingerprint density at radius 1 is 1.32 bits per heavy atom. The Bertz CT molecular complexity index is 459. The van der Waals surface area contributed by atoms with Crippen LogP contribution in [0.4, 0.5) is 8.78 Å². The molecule has 1 atom stereocenters. The van der Waals surface area contributed by atoms with Gasteiger partial charge in [0, 0.05) is 6.92 Å². The molecule has 0 saturated carbocycles. The molecule has 0 spiro atoms. The van der Waals surface area contributed by atoms with E-state index in [1.54, 1.807) is 0 Å². The lowest BCUT2D eigenvalue weighted by Gasteiger charge is -2.16. The van der Waals surface area contributed by atoms with Crippen molar-refractivity contribution in [2.75, 3.05) is 13.7 Å². The quantitative estimate of drug-likeness (QED) is 0.814. The van der Waals surface area contributed by atoms with Crippen molar-refractivity contribution in [1.82, 2.24) is 5.32 Å². The summed E-state index contributed by atoms with van der Waals surface area (Å²) in [6, 6.07) is 2.08. The first-order valence-electron chi connectivity index (χ1n) is 5.37. The molecule has 1 amide bonds. The Hall–Kier alpha value is -2.18. The van der Waals surface area contributed by atoms with Gasteiger partial charge in [0.2, 0.25) is 5.91 Å². The Kier molecular flexibility index (Phi) is 5.23. The zero-order chi connectivity index (χ0) is 14.4. The van der Waals surface area contributed by atoms with Crippen LogP contribution < -0.4 is 10.1 Å².